The number of nitrogen functional groups attached to an aromatic ring is 1. The molecule has 0 fully saturated rings. The topological polar surface area (TPSA) is 71.2 Å². The molecule has 0 aliphatic carbocycles. The van der Waals surface area contributed by atoms with Crippen molar-refractivity contribution in [3.8, 4) is 0 Å². The lowest BCUT2D eigenvalue weighted by molar-refractivity contribution is 0.161. The van der Waals surface area contributed by atoms with Crippen LogP contribution in [0.1, 0.15) is 25.8 Å². The van der Waals surface area contributed by atoms with Gasteiger partial charge < -0.3 is 16.2 Å². The number of hydrogen-bond donors (Lipinski definition) is 3. The van der Waals surface area contributed by atoms with Crippen molar-refractivity contribution in [1.82, 2.24) is 4.98 Å². The van der Waals surface area contributed by atoms with Crippen LogP contribution in [0, 0.1) is 12.8 Å². The second-order valence-electron chi connectivity index (χ2n) is 4.60. The Morgan fingerprint density at radius 1 is 1.50 bits per heavy atom. The van der Waals surface area contributed by atoms with Gasteiger partial charge in [-0.2, -0.15) is 0 Å². The lowest BCUT2D eigenvalue weighted by Gasteiger charge is -2.15. The Labute approximate surface area is 96.9 Å². The second kappa shape index (κ2) is 5.70. The molecule has 1 aromatic heterocycles. The Balaban J connectivity index is 2.48. The second-order valence-corrected chi connectivity index (χ2v) is 4.60. The Morgan fingerprint density at radius 2 is 2.19 bits per heavy atom. The summed E-state index contributed by atoms with van der Waals surface area (Å²) in [7, 11) is 0. The third-order valence-electron chi connectivity index (χ3n) is 2.35. The van der Waals surface area contributed by atoms with Crippen molar-refractivity contribution in [2.45, 2.75) is 33.3 Å². The van der Waals surface area contributed by atoms with Gasteiger partial charge in [0, 0.05) is 6.54 Å². The molecule has 0 aliphatic heterocycles. The number of nitrogens with one attached hydrogen (secondary N) is 1. The number of anilines is 2. The molecule has 4 heteroatoms. The lowest BCUT2D eigenvalue weighted by Crippen LogP contribution is -2.22. The first-order valence-corrected chi connectivity index (χ1v) is 5.63. The van der Waals surface area contributed by atoms with Gasteiger partial charge in [0.2, 0.25) is 0 Å². The summed E-state index contributed by atoms with van der Waals surface area (Å²) in [6.07, 6.45) is 2.07. The Hall–Kier alpha value is -1.29. The maximum Gasteiger partial charge on any atom is 0.129 e. The first-order valence-electron chi connectivity index (χ1n) is 5.63. The molecule has 0 saturated carbocycles. The van der Waals surface area contributed by atoms with Crippen molar-refractivity contribution >= 4 is 11.5 Å². The van der Waals surface area contributed by atoms with E-state index in [2.05, 4.69) is 24.1 Å². The van der Waals surface area contributed by atoms with E-state index < -0.39 is 0 Å². The average molecular weight is 223 g/mol. The molecule has 1 rings (SSSR count). The molecule has 0 aromatic carbocycles. The van der Waals surface area contributed by atoms with Crippen molar-refractivity contribution in [3.63, 3.8) is 0 Å². The number of rotatable bonds is 5. The van der Waals surface area contributed by atoms with Gasteiger partial charge in [-0.05, 0) is 30.9 Å². The van der Waals surface area contributed by atoms with Crippen LogP contribution in [0.2, 0.25) is 0 Å². The van der Waals surface area contributed by atoms with E-state index in [9.17, 15) is 5.11 Å². The number of aromatic nitrogens is 1. The minimum Gasteiger partial charge on any atom is -0.397 e. The van der Waals surface area contributed by atoms with E-state index in [-0.39, 0.29) is 6.10 Å². The fourth-order valence-corrected chi connectivity index (χ4v) is 1.62. The molecule has 1 heterocycles. The molecule has 4 N–H and O–H groups in total. The number of aliphatic hydroxyl groups is 1. The monoisotopic (exact) mass is 223 g/mol. The highest BCUT2D eigenvalue weighted by Gasteiger charge is 2.07. The number of aryl methyl sites for hydroxylation is 1. The van der Waals surface area contributed by atoms with E-state index in [1.54, 1.807) is 6.20 Å². The summed E-state index contributed by atoms with van der Waals surface area (Å²) in [6.45, 7) is 6.66. The lowest BCUT2D eigenvalue weighted by atomic mass is 10.1. The standard InChI is InChI=1S/C12H21N3O/c1-8(2)4-11(16)7-15-12-9(3)5-10(13)6-14-12/h5-6,8,11,16H,4,7,13H2,1-3H3,(H,14,15). The Kier molecular flexibility index (Phi) is 4.55. The maximum atomic E-state index is 9.71. The molecule has 0 amide bonds. The molecule has 0 spiro atoms. The first kappa shape index (κ1) is 12.8. The van der Waals surface area contributed by atoms with E-state index in [0.717, 1.165) is 17.8 Å². The van der Waals surface area contributed by atoms with Crippen LogP contribution >= 0.6 is 0 Å². The summed E-state index contributed by atoms with van der Waals surface area (Å²) >= 11 is 0. The molecule has 0 bridgehead atoms. The molecule has 1 unspecified atom stereocenters. The first-order chi connectivity index (χ1) is 7.49. The van der Waals surface area contributed by atoms with Crippen LogP contribution in [-0.2, 0) is 0 Å². The molecule has 0 saturated heterocycles. The zero-order valence-electron chi connectivity index (χ0n) is 10.2. The van der Waals surface area contributed by atoms with Gasteiger partial charge in [0.05, 0.1) is 18.0 Å². The van der Waals surface area contributed by atoms with Crippen molar-refractivity contribution in [1.29, 1.82) is 0 Å². The number of pyridine rings is 1. The minimum absolute atomic E-state index is 0.334. The SMILES string of the molecule is Cc1cc(N)cnc1NCC(O)CC(C)C. The fraction of sp³-hybridized carbons (Fsp3) is 0.583. The van der Waals surface area contributed by atoms with Crippen LogP contribution in [0.15, 0.2) is 12.3 Å². The van der Waals surface area contributed by atoms with Gasteiger partial charge in [0.1, 0.15) is 5.82 Å². The summed E-state index contributed by atoms with van der Waals surface area (Å²) in [5.74, 6) is 1.29. The van der Waals surface area contributed by atoms with Crippen LogP contribution in [-0.4, -0.2) is 22.7 Å². The minimum atomic E-state index is -0.334. The number of aliphatic hydroxyl groups excluding tert-OH is 1. The molecule has 4 nitrogen and oxygen atoms in total. The molecule has 16 heavy (non-hydrogen) atoms. The predicted molar refractivity (Wildman–Crippen MR) is 67.3 cm³/mol. The van der Waals surface area contributed by atoms with Crippen LogP contribution in [0.4, 0.5) is 11.5 Å². The third-order valence-corrected chi connectivity index (χ3v) is 2.35. The Bertz CT molecular complexity index is 339. The number of nitrogens with two attached hydrogens (primary N) is 1. The molecule has 0 aliphatic rings. The zero-order chi connectivity index (χ0) is 12.1. The number of hydrogen-bond acceptors (Lipinski definition) is 4. The fourth-order valence-electron chi connectivity index (χ4n) is 1.62. The van der Waals surface area contributed by atoms with Crippen molar-refractivity contribution in [2.75, 3.05) is 17.6 Å². The summed E-state index contributed by atoms with van der Waals surface area (Å²) in [5, 5.41) is 12.8. The van der Waals surface area contributed by atoms with Gasteiger partial charge in [0.25, 0.3) is 0 Å². The molecule has 1 aromatic rings. The average Bonchev–Trinajstić information content (AvgIpc) is 2.15. The van der Waals surface area contributed by atoms with Gasteiger partial charge in [-0.1, -0.05) is 13.8 Å². The highest BCUT2D eigenvalue weighted by atomic mass is 16.3. The van der Waals surface area contributed by atoms with Crippen molar-refractivity contribution in [2.24, 2.45) is 5.92 Å². The summed E-state index contributed by atoms with van der Waals surface area (Å²) in [4.78, 5) is 4.18. The van der Waals surface area contributed by atoms with E-state index in [4.69, 9.17) is 5.73 Å². The van der Waals surface area contributed by atoms with Crippen molar-refractivity contribution < 1.29 is 5.11 Å². The largest absolute Gasteiger partial charge is 0.397 e. The van der Waals surface area contributed by atoms with Crippen LogP contribution in [0.5, 0.6) is 0 Å². The quantitative estimate of drug-likeness (QED) is 0.711. The summed E-state index contributed by atoms with van der Waals surface area (Å²) in [5.41, 5.74) is 7.26. The van der Waals surface area contributed by atoms with Gasteiger partial charge in [-0.3, -0.25) is 0 Å². The normalized spacial score (nSPS) is 12.8. The van der Waals surface area contributed by atoms with Gasteiger partial charge in [0.15, 0.2) is 0 Å². The van der Waals surface area contributed by atoms with Crippen LogP contribution < -0.4 is 11.1 Å². The summed E-state index contributed by atoms with van der Waals surface area (Å²) < 4.78 is 0. The van der Waals surface area contributed by atoms with Gasteiger partial charge in [-0.25, -0.2) is 4.98 Å². The van der Waals surface area contributed by atoms with E-state index in [0.29, 0.717) is 18.2 Å². The van der Waals surface area contributed by atoms with Gasteiger partial charge in [-0.15, -0.1) is 0 Å². The van der Waals surface area contributed by atoms with Crippen LogP contribution in [0.3, 0.4) is 0 Å². The maximum absolute atomic E-state index is 9.71. The summed E-state index contributed by atoms with van der Waals surface area (Å²) in [6, 6.07) is 1.87. The highest BCUT2D eigenvalue weighted by molar-refractivity contribution is 5.50. The molecule has 1 atom stereocenters. The molecular formula is C12H21N3O. The zero-order valence-corrected chi connectivity index (χ0v) is 10.2. The third kappa shape index (κ3) is 4.06. The Morgan fingerprint density at radius 3 is 2.75 bits per heavy atom. The van der Waals surface area contributed by atoms with E-state index in [1.165, 1.54) is 0 Å². The molecule has 0 radical (unpaired) electrons. The molecular weight excluding hydrogens is 202 g/mol. The number of nitrogens with zero attached hydrogens (tertiary/aromatic N) is 1. The van der Waals surface area contributed by atoms with Crippen LogP contribution in [0.25, 0.3) is 0 Å². The smallest absolute Gasteiger partial charge is 0.129 e. The van der Waals surface area contributed by atoms with Crippen molar-refractivity contribution in [3.05, 3.63) is 17.8 Å². The van der Waals surface area contributed by atoms with E-state index in [1.807, 2.05) is 13.0 Å². The predicted octanol–water partition coefficient (Wildman–Crippen LogP) is 1.79. The van der Waals surface area contributed by atoms with E-state index >= 15 is 0 Å². The highest BCUT2D eigenvalue weighted by Crippen LogP contribution is 2.14. The molecule has 90 valence electrons. The van der Waals surface area contributed by atoms with Gasteiger partial charge >= 0.3 is 0 Å².